The smallest absolute Gasteiger partial charge is 0.247 e. The molecule has 6 atom stereocenters. The van der Waals surface area contributed by atoms with Crippen LogP contribution in [-0.4, -0.2) is 84.3 Å². The van der Waals surface area contributed by atoms with Crippen LogP contribution in [0.2, 0.25) is 0 Å². The van der Waals surface area contributed by atoms with Crippen molar-refractivity contribution in [1.29, 1.82) is 0 Å². The van der Waals surface area contributed by atoms with Crippen molar-refractivity contribution in [3.05, 3.63) is 71.9 Å². The van der Waals surface area contributed by atoms with Gasteiger partial charge in [0, 0.05) is 32.6 Å². The summed E-state index contributed by atoms with van der Waals surface area (Å²) in [6, 6.07) is 13.7. The molecule has 2 bridgehead atoms. The number of rotatable bonds is 9. The van der Waals surface area contributed by atoms with Crippen molar-refractivity contribution < 1.29 is 23.9 Å². The highest BCUT2D eigenvalue weighted by atomic mass is 16.5. The van der Waals surface area contributed by atoms with Crippen LogP contribution in [0.5, 0.6) is 5.75 Å². The number of hydrogen-bond donors (Lipinski definition) is 3. The molecular weight excluding hydrogens is 570 g/mol. The first-order valence-corrected chi connectivity index (χ1v) is 15.9. The highest BCUT2D eigenvalue weighted by molar-refractivity contribution is 5.96. The Morgan fingerprint density at radius 3 is 2.36 bits per heavy atom. The Morgan fingerprint density at radius 1 is 1.04 bits per heavy atom. The number of benzene rings is 2. The molecule has 10 heteroatoms. The van der Waals surface area contributed by atoms with E-state index in [9.17, 15) is 19.2 Å². The third kappa shape index (κ3) is 7.92. The molecule has 1 fully saturated rings. The van der Waals surface area contributed by atoms with E-state index >= 15 is 0 Å². The second-order valence-electron chi connectivity index (χ2n) is 12.4. The average molecular weight is 618 g/mol. The van der Waals surface area contributed by atoms with Gasteiger partial charge in [-0.1, -0.05) is 76.6 Å². The zero-order valence-electron chi connectivity index (χ0n) is 27.2. The molecule has 5 rings (SSSR count). The molecule has 3 aliphatic heterocycles. The minimum Gasteiger partial charge on any atom is -0.488 e. The molecule has 0 aromatic heterocycles. The van der Waals surface area contributed by atoms with E-state index in [2.05, 4.69) is 16.0 Å². The minimum absolute atomic E-state index is 0.00256. The topological polar surface area (TPSA) is 120 Å². The summed E-state index contributed by atoms with van der Waals surface area (Å²) in [4.78, 5) is 58.8. The summed E-state index contributed by atoms with van der Waals surface area (Å²) >= 11 is 0. The van der Waals surface area contributed by atoms with Crippen LogP contribution in [0, 0.1) is 11.8 Å². The van der Waals surface area contributed by atoms with Gasteiger partial charge in [0.1, 0.15) is 30.0 Å². The molecule has 45 heavy (non-hydrogen) atoms. The van der Waals surface area contributed by atoms with Crippen molar-refractivity contribution in [3.63, 3.8) is 0 Å². The first-order chi connectivity index (χ1) is 21.5. The maximum atomic E-state index is 14.6. The molecule has 0 radical (unpaired) electrons. The van der Waals surface area contributed by atoms with E-state index in [1.807, 2.05) is 82.3 Å². The fourth-order valence-electron chi connectivity index (χ4n) is 6.06. The Kier molecular flexibility index (Phi) is 11.4. The van der Waals surface area contributed by atoms with Crippen LogP contribution in [0.25, 0.3) is 6.08 Å². The molecule has 4 amide bonds. The molecule has 3 aliphatic rings. The van der Waals surface area contributed by atoms with Gasteiger partial charge in [0.15, 0.2) is 0 Å². The van der Waals surface area contributed by atoms with E-state index in [4.69, 9.17) is 4.74 Å². The second kappa shape index (κ2) is 15.2. The lowest BCUT2D eigenvalue weighted by Crippen LogP contribution is -2.61. The van der Waals surface area contributed by atoms with E-state index in [-0.39, 0.29) is 42.5 Å². The molecule has 0 unspecified atom stereocenters. The summed E-state index contributed by atoms with van der Waals surface area (Å²) in [6.07, 6.45) is 4.04. The van der Waals surface area contributed by atoms with Gasteiger partial charge in [-0.3, -0.25) is 19.2 Å². The fourth-order valence-corrected chi connectivity index (χ4v) is 6.06. The van der Waals surface area contributed by atoms with Gasteiger partial charge in [-0.25, -0.2) is 0 Å². The van der Waals surface area contributed by atoms with Crippen LogP contribution in [-0.2, 0) is 25.6 Å². The summed E-state index contributed by atoms with van der Waals surface area (Å²) in [7, 11) is 3.38. The van der Waals surface area contributed by atoms with E-state index in [1.165, 1.54) is 9.80 Å². The summed E-state index contributed by atoms with van der Waals surface area (Å²) in [6.45, 7) is 8.03. The number of nitrogens with zero attached hydrogens (tertiary/aromatic N) is 2. The predicted octanol–water partition coefficient (Wildman–Crippen LogP) is 2.98. The molecular formula is C35H47N5O5. The number of carbonyl (C=O) groups is 4. The van der Waals surface area contributed by atoms with E-state index < -0.39 is 36.2 Å². The number of likely N-dealkylation sites (tertiary alicyclic amines) is 1. The van der Waals surface area contributed by atoms with Gasteiger partial charge in [-0.2, -0.15) is 0 Å². The van der Waals surface area contributed by atoms with Crippen LogP contribution < -0.4 is 20.7 Å². The van der Waals surface area contributed by atoms with Crippen LogP contribution in [0.15, 0.2) is 60.8 Å². The molecule has 2 aromatic rings. The number of amides is 4. The number of ether oxygens (including phenoxy) is 1. The minimum atomic E-state index is -1.01. The number of likely N-dealkylation sites (N-methyl/N-ethyl adjacent to an activating group) is 2. The quantitative estimate of drug-likeness (QED) is 0.398. The first kappa shape index (κ1) is 33.7. The SMILES string of the molecule is CC[C@H](C)[C@@H]1NC(=O)[C@@H]2[C@H](CCN2C(=O)[C@H](Cc2ccccc2)N(C)C(=O)[C@@H](NC)C(C)C)Oc2ccc(cc2)/C=C\NC1=O. The zero-order chi connectivity index (χ0) is 32.7. The van der Waals surface area contributed by atoms with Crippen molar-refractivity contribution in [2.24, 2.45) is 11.8 Å². The van der Waals surface area contributed by atoms with Gasteiger partial charge in [0.2, 0.25) is 23.6 Å². The Morgan fingerprint density at radius 2 is 1.73 bits per heavy atom. The highest BCUT2D eigenvalue weighted by Gasteiger charge is 2.47. The van der Waals surface area contributed by atoms with Crippen LogP contribution in [0.1, 0.15) is 51.7 Å². The molecule has 3 heterocycles. The van der Waals surface area contributed by atoms with Gasteiger partial charge >= 0.3 is 0 Å². The summed E-state index contributed by atoms with van der Waals surface area (Å²) in [5, 5.41) is 8.85. The number of carbonyl (C=O) groups excluding carboxylic acids is 4. The molecule has 0 saturated carbocycles. The highest BCUT2D eigenvalue weighted by Crippen LogP contribution is 2.28. The molecule has 10 nitrogen and oxygen atoms in total. The molecule has 2 aromatic carbocycles. The number of hydrogen-bond acceptors (Lipinski definition) is 6. The van der Waals surface area contributed by atoms with E-state index in [0.29, 0.717) is 18.6 Å². The summed E-state index contributed by atoms with van der Waals surface area (Å²) in [5.74, 6) is -0.943. The lowest BCUT2D eigenvalue weighted by molar-refractivity contribution is -0.149. The first-order valence-electron chi connectivity index (χ1n) is 15.9. The third-order valence-corrected chi connectivity index (χ3v) is 8.97. The molecule has 3 N–H and O–H groups in total. The van der Waals surface area contributed by atoms with Crippen molar-refractivity contribution in [3.8, 4) is 5.75 Å². The zero-order valence-corrected chi connectivity index (χ0v) is 27.2. The predicted molar refractivity (Wildman–Crippen MR) is 174 cm³/mol. The average Bonchev–Trinajstić information content (AvgIpc) is 3.45. The van der Waals surface area contributed by atoms with Crippen LogP contribution >= 0.6 is 0 Å². The monoisotopic (exact) mass is 617 g/mol. The second-order valence-corrected chi connectivity index (χ2v) is 12.4. The normalized spacial score (nSPS) is 22.7. The van der Waals surface area contributed by atoms with Crippen molar-refractivity contribution in [1.82, 2.24) is 25.8 Å². The number of nitrogens with one attached hydrogen (secondary N) is 3. The standard InChI is InChI=1S/C35H47N5O5/c1-7-23(4)30-32(41)37-19-17-24-13-15-26(16-14-24)45-28-18-20-40(31(28)33(42)38-30)34(43)27(21-25-11-9-8-10-12-25)39(6)35(44)29(36-5)22(2)3/h8-17,19,22-23,27-31,36H,7,18,20-21H2,1-6H3,(H,37,41)(H,38,42)/b19-17-/t23-,27-,28-,29-,30-,31-/m0/s1. The van der Waals surface area contributed by atoms with Crippen LogP contribution in [0.3, 0.4) is 0 Å². The van der Waals surface area contributed by atoms with Crippen molar-refractivity contribution >= 4 is 29.7 Å². The summed E-state index contributed by atoms with van der Waals surface area (Å²) in [5.41, 5.74) is 1.77. The largest absolute Gasteiger partial charge is 0.488 e. The van der Waals surface area contributed by atoms with Gasteiger partial charge in [-0.15, -0.1) is 0 Å². The lowest BCUT2D eigenvalue weighted by atomic mass is 9.97. The lowest BCUT2D eigenvalue weighted by Gasteiger charge is -2.36. The van der Waals surface area contributed by atoms with Gasteiger partial charge < -0.3 is 30.5 Å². The van der Waals surface area contributed by atoms with Crippen molar-refractivity contribution in [2.45, 2.75) is 77.2 Å². The van der Waals surface area contributed by atoms with Crippen LogP contribution in [0.4, 0.5) is 0 Å². The Hall–Kier alpha value is -4.18. The van der Waals surface area contributed by atoms with Gasteiger partial charge in [0.05, 0.1) is 6.04 Å². The van der Waals surface area contributed by atoms with E-state index in [0.717, 1.165) is 11.1 Å². The maximum absolute atomic E-state index is 14.6. The Labute approximate surface area is 266 Å². The molecule has 242 valence electrons. The maximum Gasteiger partial charge on any atom is 0.247 e. The Balaban J connectivity index is 1.73. The molecule has 0 spiro atoms. The summed E-state index contributed by atoms with van der Waals surface area (Å²) < 4.78 is 6.36. The number of fused-ring (bicyclic) bond motifs is 7. The van der Waals surface area contributed by atoms with E-state index in [1.54, 1.807) is 26.4 Å². The molecule has 1 saturated heterocycles. The van der Waals surface area contributed by atoms with Gasteiger partial charge in [-0.05, 0) is 48.2 Å². The third-order valence-electron chi connectivity index (χ3n) is 8.97. The van der Waals surface area contributed by atoms with Gasteiger partial charge in [0.25, 0.3) is 0 Å². The fraction of sp³-hybridized carbons (Fsp3) is 0.486. The van der Waals surface area contributed by atoms with Crippen molar-refractivity contribution in [2.75, 3.05) is 20.6 Å². The molecule has 0 aliphatic carbocycles. The Bertz CT molecular complexity index is 1360.